The molecule has 0 N–H and O–H groups in total. The molecule has 18 heavy (non-hydrogen) atoms. The molecule has 5 heteroatoms. The van der Waals surface area contributed by atoms with Crippen LogP contribution in [-0.4, -0.2) is 35.8 Å². The van der Waals surface area contributed by atoms with Gasteiger partial charge in [0.05, 0.1) is 18.4 Å². The van der Waals surface area contributed by atoms with Gasteiger partial charge in [0.1, 0.15) is 6.54 Å². The lowest BCUT2D eigenvalue weighted by molar-refractivity contribution is -0.153. The minimum atomic E-state index is -0.514. The fourth-order valence-electron chi connectivity index (χ4n) is 3.46. The van der Waals surface area contributed by atoms with Crippen molar-refractivity contribution in [1.29, 1.82) is 0 Å². The van der Waals surface area contributed by atoms with E-state index in [1.54, 1.807) is 6.92 Å². The number of fused-ring (bicyclic) bond motifs is 5. The van der Waals surface area contributed by atoms with E-state index >= 15 is 0 Å². The van der Waals surface area contributed by atoms with Crippen LogP contribution < -0.4 is 0 Å². The fourth-order valence-corrected chi connectivity index (χ4v) is 3.46. The van der Waals surface area contributed by atoms with Crippen molar-refractivity contribution >= 4 is 17.8 Å². The second-order valence-corrected chi connectivity index (χ2v) is 5.07. The average molecular weight is 249 g/mol. The summed E-state index contributed by atoms with van der Waals surface area (Å²) in [7, 11) is 0. The van der Waals surface area contributed by atoms with Gasteiger partial charge in [0.2, 0.25) is 11.8 Å². The van der Waals surface area contributed by atoms with Crippen LogP contribution in [0.3, 0.4) is 0 Å². The van der Waals surface area contributed by atoms with E-state index in [2.05, 4.69) is 0 Å². The Balaban J connectivity index is 1.78. The molecule has 1 saturated carbocycles. The van der Waals surface area contributed by atoms with E-state index < -0.39 is 5.97 Å². The predicted octanol–water partition coefficient (Wildman–Crippen LogP) is 0.357. The molecular weight excluding hydrogens is 234 g/mol. The van der Waals surface area contributed by atoms with Crippen LogP contribution in [0.5, 0.6) is 0 Å². The van der Waals surface area contributed by atoms with Gasteiger partial charge < -0.3 is 4.74 Å². The number of carbonyl (C=O) groups excluding carboxylic acids is 3. The first-order valence-electron chi connectivity index (χ1n) is 6.32. The number of carbonyl (C=O) groups is 3. The minimum absolute atomic E-state index is 0.184. The molecule has 2 aliphatic carbocycles. The molecule has 5 nitrogen and oxygen atoms in total. The quantitative estimate of drug-likeness (QED) is 0.411. The van der Waals surface area contributed by atoms with E-state index in [9.17, 15) is 14.4 Å². The van der Waals surface area contributed by atoms with Gasteiger partial charge in [0, 0.05) is 0 Å². The Morgan fingerprint density at radius 3 is 2.33 bits per heavy atom. The summed E-state index contributed by atoms with van der Waals surface area (Å²) in [6, 6.07) is 0. The van der Waals surface area contributed by atoms with Crippen molar-refractivity contribution in [2.24, 2.45) is 23.7 Å². The summed E-state index contributed by atoms with van der Waals surface area (Å²) in [5.74, 6) is -1.01. The summed E-state index contributed by atoms with van der Waals surface area (Å²) in [5, 5.41) is 0. The summed E-state index contributed by atoms with van der Waals surface area (Å²) in [6.45, 7) is 1.72. The number of hydrogen-bond donors (Lipinski definition) is 0. The van der Waals surface area contributed by atoms with Gasteiger partial charge in [-0.05, 0) is 25.2 Å². The number of imide groups is 1. The Morgan fingerprint density at radius 2 is 1.83 bits per heavy atom. The van der Waals surface area contributed by atoms with Crippen LogP contribution in [-0.2, 0) is 19.1 Å². The number of hydrogen-bond acceptors (Lipinski definition) is 4. The van der Waals surface area contributed by atoms with Crippen LogP contribution in [0.4, 0.5) is 0 Å². The molecule has 2 bridgehead atoms. The first kappa shape index (κ1) is 11.4. The molecular formula is C13H15NO4. The Bertz CT molecular complexity index is 426. The van der Waals surface area contributed by atoms with Crippen LogP contribution in [0.1, 0.15) is 13.3 Å². The average Bonchev–Trinajstić information content (AvgIpc) is 2.99. The second-order valence-electron chi connectivity index (χ2n) is 5.07. The van der Waals surface area contributed by atoms with Crippen LogP contribution in [0.2, 0.25) is 0 Å². The maximum atomic E-state index is 12.2. The number of esters is 1. The minimum Gasteiger partial charge on any atom is -0.465 e. The van der Waals surface area contributed by atoms with Crippen molar-refractivity contribution < 1.29 is 19.1 Å². The molecule has 1 saturated heterocycles. The van der Waals surface area contributed by atoms with Crippen LogP contribution in [0.25, 0.3) is 0 Å². The molecule has 4 atom stereocenters. The first-order valence-corrected chi connectivity index (χ1v) is 6.32. The molecule has 1 heterocycles. The normalized spacial score (nSPS) is 36.4. The van der Waals surface area contributed by atoms with Crippen molar-refractivity contribution in [3.05, 3.63) is 12.2 Å². The highest BCUT2D eigenvalue weighted by molar-refractivity contribution is 6.08. The van der Waals surface area contributed by atoms with Crippen molar-refractivity contribution in [1.82, 2.24) is 4.90 Å². The largest absolute Gasteiger partial charge is 0.465 e. The highest BCUT2D eigenvalue weighted by atomic mass is 16.5. The smallest absolute Gasteiger partial charge is 0.326 e. The first-order chi connectivity index (χ1) is 8.63. The van der Waals surface area contributed by atoms with Gasteiger partial charge in [-0.15, -0.1) is 0 Å². The zero-order valence-electron chi connectivity index (χ0n) is 10.2. The van der Waals surface area contributed by atoms with Crippen LogP contribution in [0, 0.1) is 23.7 Å². The lowest BCUT2D eigenvalue weighted by Gasteiger charge is -2.15. The maximum absolute atomic E-state index is 12.2. The standard InChI is InChI=1S/C13H15NO4/c1-2-18-9(15)6-14-12(16)10-7-3-4-8(5-7)11(10)13(14)17/h3-4,7-8,10-11H,2,5-6H2,1H3/t7-,8-,10+,11+/m0/s1. The molecule has 1 aliphatic heterocycles. The third-order valence-electron chi connectivity index (χ3n) is 4.15. The summed E-state index contributed by atoms with van der Waals surface area (Å²) in [5.41, 5.74) is 0. The summed E-state index contributed by atoms with van der Waals surface area (Å²) >= 11 is 0. The molecule has 3 aliphatic rings. The third kappa shape index (κ3) is 1.43. The van der Waals surface area contributed by atoms with E-state index in [0.29, 0.717) is 0 Å². The Kier molecular flexibility index (Phi) is 2.50. The van der Waals surface area contributed by atoms with E-state index in [0.717, 1.165) is 11.3 Å². The van der Waals surface area contributed by atoms with Crippen LogP contribution >= 0.6 is 0 Å². The Labute approximate surface area is 105 Å². The molecule has 0 unspecified atom stereocenters. The van der Waals surface area contributed by atoms with Crippen molar-refractivity contribution in [2.75, 3.05) is 13.2 Å². The predicted molar refractivity (Wildman–Crippen MR) is 61.1 cm³/mol. The maximum Gasteiger partial charge on any atom is 0.326 e. The number of likely N-dealkylation sites (tertiary alicyclic amines) is 1. The van der Waals surface area contributed by atoms with Crippen molar-refractivity contribution in [3.63, 3.8) is 0 Å². The fraction of sp³-hybridized carbons (Fsp3) is 0.615. The summed E-state index contributed by atoms with van der Waals surface area (Å²) in [6.07, 6.45) is 4.97. The number of nitrogens with zero attached hydrogens (tertiary/aromatic N) is 1. The molecule has 2 amide bonds. The zero-order valence-corrected chi connectivity index (χ0v) is 10.2. The molecule has 2 fully saturated rings. The molecule has 0 aromatic carbocycles. The monoisotopic (exact) mass is 249 g/mol. The highest BCUT2D eigenvalue weighted by Gasteiger charge is 2.59. The van der Waals surface area contributed by atoms with E-state index in [-0.39, 0.29) is 48.6 Å². The van der Waals surface area contributed by atoms with E-state index in [1.807, 2.05) is 12.2 Å². The van der Waals surface area contributed by atoms with Gasteiger partial charge in [-0.3, -0.25) is 19.3 Å². The molecule has 0 radical (unpaired) electrons. The summed E-state index contributed by atoms with van der Waals surface area (Å²) < 4.78 is 4.79. The topological polar surface area (TPSA) is 63.7 Å². The highest BCUT2D eigenvalue weighted by Crippen LogP contribution is 2.52. The molecule has 96 valence electrons. The van der Waals surface area contributed by atoms with Crippen molar-refractivity contribution in [3.8, 4) is 0 Å². The number of ether oxygens (including phenoxy) is 1. The number of allylic oxidation sites excluding steroid dienone is 2. The number of amides is 2. The lowest BCUT2D eigenvalue weighted by Crippen LogP contribution is -2.37. The van der Waals surface area contributed by atoms with Gasteiger partial charge in [0.25, 0.3) is 0 Å². The van der Waals surface area contributed by atoms with E-state index in [1.165, 1.54) is 0 Å². The van der Waals surface area contributed by atoms with E-state index in [4.69, 9.17) is 4.74 Å². The van der Waals surface area contributed by atoms with Crippen LogP contribution in [0.15, 0.2) is 12.2 Å². The lowest BCUT2D eigenvalue weighted by atomic mass is 9.85. The number of rotatable bonds is 3. The van der Waals surface area contributed by atoms with Gasteiger partial charge in [-0.1, -0.05) is 12.2 Å². The Hall–Kier alpha value is -1.65. The summed E-state index contributed by atoms with van der Waals surface area (Å²) in [4.78, 5) is 36.9. The molecule has 0 aromatic rings. The second kappa shape index (κ2) is 3.93. The molecule has 0 aromatic heterocycles. The molecule has 0 spiro atoms. The van der Waals surface area contributed by atoms with Gasteiger partial charge in [-0.2, -0.15) is 0 Å². The van der Waals surface area contributed by atoms with Crippen molar-refractivity contribution in [2.45, 2.75) is 13.3 Å². The zero-order chi connectivity index (χ0) is 12.9. The van der Waals surface area contributed by atoms with Gasteiger partial charge >= 0.3 is 5.97 Å². The van der Waals surface area contributed by atoms with Gasteiger partial charge in [-0.25, -0.2) is 0 Å². The Morgan fingerprint density at radius 1 is 1.28 bits per heavy atom. The van der Waals surface area contributed by atoms with Gasteiger partial charge in [0.15, 0.2) is 0 Å². The third-order valence-corrected chi connectivity index (χ3v) is 4.15. The SMILES string of the molecule is CCOC(=O)CN1C(=O)[C@H]2[C@H](C1=O)[C@H]1C=C[C@H]2C1. The molecule has 3 rings (SSSR count).